The maximum absolute atomic E-state index is 13.3. The van der Waals surface area contributed by atoms with Crippen molar-refractivity contribution in [2.24, 2.45) is 0 Å². The van der Waals surface area contributed by atoms with Crippen molar-refractivity contribution in [3.05, 3.63) is 59.4 Å². The molecule has 0 spiro atoms. The van der Waals surface area contributed by atoms with E-state index in [9.17, 15) is 9.18 Å². The molecule has 24 heavy (non-hydrogen) atoms. The van der Waals surface area contributed by atoms with Gasteiger partial charge in [-0.25, -0.2) is 9.37 Å². The van der Waals surface area contributed by atoms with Crippen LogP contribution in [0.4, 0.5) is 9.52 Å². The second-order valence-corrected chi connectivity index (χ2v) is 6.68. The molecule has 0 aliphatic rings. The van der Waals surface area contributed by atoms with Crippen molar-refractivity contribution in [2.75, 3.05) is 5.32 Å². The third-order valence-corrected chi connectivity index (χ3v) is 4.68. The molecule has 3 rings (SSSR count). The van der Waals surface area contributed by atoms with Crippen LogP contribution in [0.2, 0.25) is 0 Å². The zero-order valence-electron chi connectivity index (χ0n) is 13.5. The Morgan fingerprint density at radius 1 is 1.29 bits per heavy atom. The lowest BCUT2D eigenvalue weighted by Crippen LogP contribution is -2.37. The molecule has 1 unspecified atom stereocenters. The number of amides is 1. The van der Waals surface area contributed by atoms with Crippen LogP contribution in [-0.4, -0.2) is 16.9 Å². The third-order valence-electron chi connectivity index (χ3n) is 3.72. The zero-order chi connectivity index (χ0) is 17.1. The van der Waals surface area contributed by atoms with Gasteiger partial charge in [-0.2, -0.15) is 0 Å². The van der Waals surface area contributed by atoms with Crippen molar-refractivity contribution in [3.63, 3.8) is 0 Å². The fourth-order valence-corrected chi connectivity index (χ4v) is 3.30. The van der Waals surface area contributed by atoms with Gasteiger partial charge >= 0.3 is 0 Å². The number of carbonyl (C=O) groups excluding carboxylic acids is 1. The quantitative estimate of drug-likeness (QED) is 0.740. The van der Waals surface area contributed by atoms with Gasteiger partial charge in [-0.1, -0.05) is 35.6 Å². The predicted octanol–water partition coefficient (Wildman–Crippen LogP) is 3.86. The summed E-state index contributed by atoms with van der Waals surface area (Å²) in [5.74, 6) is -0.368. The first kappa shape index (κ1) is 16.4. The van der Waals surface area contributed by atoms with Gasteiger partial charge in [-0.15, -0.1) is 0 Å². The van der Waals surface area contributed by atoms with E-state index in [4.69, 9.17) is 0 Å². The van der Waals surface area contributed by atoms with E-state index in [2.05, 4.69) is 15.6 Å². The number of nitrogens with one attached hydrogen (secondary N) is 2. The number of carbonyl (C=O) groups is 1. The highest BCUT2D eigenvalue weighted by atomic mass is 32.1. The van der Waals surface area contributed by atoms with Gasteiger partial charge in [0.1, 0.15) is 11.9 Å². The molecule has 1 aromatic heterocycles. The van der Waals surface area contributed by atoms with Crippen LogP contribution >= 0.6 is 11.3 Å². The van der Waals surface area contributed by atoms with Crippen molar-refractivity contribution in [2.45, 2.75) is 26.4 Å². The van der Waals surface area contributed by atoms with Gasteiger partial charge in [0.25, 0.3) is 0 Å². The average molecular weight is 343 g/mol. The van der Waals surface area contributed by atoms with Gasteiger partial charge in [-0.3, -0.25) is 4.79 Å². The summed E-state index contributed by atoms with van der Waals surface area (Å²) in [5, 5.41) is 6.69. The van der Waals surface area contributed by atoms with E-state index >= 15 is 0 Å². The van der Waals surface area contributed by atoms with Gasteiger partial charge in [0.2, 0.25) is 5.91 Å². The third kappa shape index (κ3) is 3.71. The van der Waals surface area contributed by atoms with Crippen LogP contribution in [-0.2, 0) is 11.3 Å². The highest BCUT2D eigenvalue weighted by Gasteiger charge is 2.14. The molecule has 1 amide bonds. The van der Waals surface area contributed by atoms with Crippen molar-refractivity contribution >= 4 is 32.6 Å². The molecule has 0 bridgehead atoms. The minimum absolute atomic E-state index is 0.128. The Kier molecular flexibility index (Phi) is 4.76. The second kappa shape index (κ2) is 6.97. The summed E-state index contributed by atoms with van der Waals surface area (Å²) >= 11 is 1.52. The Hall–Kier alpha value is -2.47. The first-order chi connectivity index (χ1) is 11.5. The summed E-state index contributed by atoms with van der Waals surface area (Å²) in [7, 11) is 0. The van der Waals surface area contributed by atoms with E-state index in [-0.39, 0.29) is 11.7 Å². The fraction of sp³-hybridized carbons (Fsp3) is 0.222. The number of rotatable bonds is 5. The molecular weight excluding hydrogens is 325 g/mol. The molecule has 0 saturated heterocycles. The molecular formula is C18H18FN3OS. The van der Waals surface area contributed by atoms with Crippen LogP contribution in [0.15, 0.2) is 42.5 Å². The Labute approximate surface area is 143 Å². The van der Waals surface area contributed by atoms with Crippen molar-refractivity contribution in [1.29, 1.82) is 0 Å². The van der Waals surface area contributed by atoms with Crippen molar-refractivity contribution in [1.82, 2.24) is 10.3 Å². The molecule has 0 aliphatic carbocycles. The smallest absolute Gasteiger partial charge is 0.242 e. The maximum Gasteiger partial charge on any atom is 0.242 e. The highest BCUT2D eigenvalue weighted by molar-refractivity contribution is 7.22. The molecule has 3 aromatic rings. The summed E-state index contributed by atoms with van der Waals surface area (Å²) in [6.07, 6.45) is 0. The molecule has 6 heteroatoms. The Balaban J connectivity index is 1.58. The number of aryl methyl sites for hydroxylation is 1. The van der Waals surface area contributed by atoms with Gasteiger partial charge in [-0.05, 0) is 43.2 Å². The maximum atomic E-state index is 13.3. The molecule has 2 N–H and O–H groups in total. The zero-order valence-corrected chi connectivity index (χ0v) is 14.3. The summed E-state index contributed by atoms with van der Waals surface area (Å²) < 4.78 is 14.3. The first-order valence-electron chi connectivity index (χ1n) is 7.68. The minimum Gasteiger partial charge on any atom is -0.350 e. The molecule has 1 heterocycles. The normalized spacial score (nSPS) is 12.1. The molecule has 1 atom stereocenters. The number of para-hydroxylation sites is 1. The van der Waals surface area contributed by atoms with E-state index in [0.29, 0.717) is 12.1 Å². The summed E-state index contributed by atoms with van der Waals surface area (Å²) in [6.45, 7) is 3.86. The number of hydrogen-bond acceptors (Lipinski definition) is 4. The lowest BCUT2D eigenvalue weighted by molar-refractivity contribution is -0.121. The molecule has 124 valence electrons. The lowest BCUT2D eigenvalue weighted by atomic mass is 10.1. The molecule has 2 aromatic carbocycles. The molecule has 0 saturated carbocycles. The monoisotopic (exact) mass is 343 g/mol. The summed E-state index contributed by atoms with van der Waals surface area (Å²) in [4.78, 5) is 16.7. The standard InChI is InChI=1S/C18H18FN3OS/c1-11-9-13(7-8-14(11)19)10-20-17(23)12(2)21-18-22-15-5-3-4-6-16(15)24-18/h3-9,12H,10H2,1-2H3,(H,20,23)(H,21,22). The van der Waals surface area contributed by atoms with Crippen LogP contribution in [0, 0.1) is 12.7 Å². The number of benzene rings is 2. The van der Waals surface area contributed by atoms with Crippen LogP contribution in [0.25, 0.3) is 10.2 Å². The second-order valence-electron chi connectivity index (χ2n) is 5.65. The Morgan fingerprint density at radius 3 is 2.83 bits per heavy atom. The number of nitrogens with zero attached hydrogens (tertiary/aromatic N) is 1. The van der Waals surface area contributed by atoms with Gasteiger partial charge in [0.05, 0.1) is 10.2 Å². The number of fused-ring (bicyclic) bond motifs is 1. The van der Waals surface area contributed by atoms with Crippen LogP contribution in [0.3, 0.4) is 0 Å². The fourth-order valence-electron chi connectivity index (χ4n) is 2.34. The number of halogens is 1. The van der Waals surface area contributed by atoms with Crippen LogP contribution < -0.4 is 10.6 Å². The predicted molar refractivity (Wildman–Crippen MR) is 95.7 cm³/mol. The molecule has 4 nitrogen and oxygen atoms in total. The molecule has 0 aliphatic heterocycles. The van der Waals surface area contributed by atoms with Gasteiger partial charge in [0.15, 0.2) is 5.13 Å². The van der Waals surface area contributed by atoms with Crippen LogP contribution in [0.1, 0.15) is 18.1 Å². The summed E-state index contributed by atoms with van der Waals surface area (Å²) in [6, 6.07) is 12.3. The van der Waals surface area contributed by atoms with Gasteiger partial charge in [0, 0.05) is 6.54 Å². The summed E-state index contributed by atoms with van der Waals surface area (Å²) in [5.41, 5.74) is 2.36. The Bertz CT molecular complexity index is 845. The topological polar surface area (TPSA) is 54.0 Å². The highest BCUT2D eigenvalue weighted by Crippen LogP contribution is 2.25. The average Bonchev–Trinajstić information content (AvgIpc) is 2.97. The minimum atomic E-state index is -0.410. The van der Waals surface area contributed by atoms with E-state index in [1.807, 2.05) is 24.3 Å². The van der Waals surface area contributed by atoms with Crippen LogP contribution in [0.5, 0.6) is 0 Å². The van der Waals surface area contributed by atoms with E-state index in [1.54, 1.807) is 26.0 Å². The largest absolute Gasteiger partial charge is 0.350 e. The lowest BCUT2D eigenvalue weighted by Gasteiger charge is -2.13. The number of hydrogen-bond donors (Lipinski definition) is 2. The molecule has 0 radical (unpaired) electrons. The van der Waals surface area contributed by atoms with E-state index in [1.165, 1.54) is 17.4 Å². The molecule has 0 fully saturated rings. The van der Waals surface area contributed by atoms with E-state index in [0.717, 1.165) is 20.9 Å². The number of thiazole rings is 1. The first-order valence-corrected chi connectivity index (χ1v) is 8.49. The van der Waals surface area contributed by atoms with E-state index < -0.39 is 6.04 Å². The van der Waals surface area contributed by atoms with Crippen molar-refractivity contribution in [3.8, 4) is 0 Å². The number of anilines is 1. The Morgan fingerprint density at radius 2 is 2.08 bits per heavy atom. The number of aromatic nitrogens is 1. The van der Waals surface area contributed by atoms with Gasteiger partial charge < -0.3 is 10.6 Å². The SMILES string of the molecule is Cc1cc(CNC(=O)C(C)Nc2nc3ccccc3s2)ccc1F. The van der Waals surface area contributed by atoms with Crippen molar-refractivity contribution < 1.29 is 9.18 Å².